The van der Waals surface area contributed by atoms with E-state index in [1.807, 2.05) is 30.3 Å². The Hall–Kier alpha value is -3.03. The summed E-state index contributed by atoms with van der Waals surface area (Å²) in [6.45, 7) is 6.60. The average molecular weight is 356 g/mol. The third-order valence-electron chi connectivity index (χ3n) is 6.29. The molecule has 0 saturated carbocycles. The minimum Gasteiger partial charge on any atom is -0.399 e. The quantitative estimate of drug-likeness (QED) is 0.809. The van der Waals surface area contributed by atoms with E-state index < -0.39 is 11.3 Å². The van der Waals surface area contributed by atoms with E-state index in [-0.39, 0.29) is 17.0 Å². The van der Waals surface area contributed by atoms with Crippen molar-refractivity contribution in [2.75, 3.05) is 0 Å². The van der Waals surface area contributed by atoms with Crippen LogP contribution in [0.2, 0.25) is 0 Å². The maximum Gasteiger partial charge on any atom is 0.139 e. The van der Waals surface area contributed by atoms with Gasteiger partial charge >= 0.3 is 0 Å². The number of allylic oxidation sites excluding steroid dienone is 4. The lowest BCUT2D eigenvalue weighted by molar-refractivity contribution is 0.167. The second-order valence-corrected chi connectivity index (χ2v) is 8.59. The second-order valence-electron chi connectivity index (χ2n) is 8.59. The van der Waals surface area contributed by atoms with Gasteiger partial charge in [0.1, 0.15) is 11.5 Å². The first-order valence-corrected chi connectivity index (χ1v) is 9.28. The Balaban J connectivity index is 2.28. The Morgan fingerprint density at radius 3 is 2.30 bits per heavy atom. The molecule has 4 nitrogen and oxygen atoms in total. The van der Waals surface area contributed by atoms with Crippen molar-refractivity contribution in [2.24, 2.45) is 28.9 Å². The molecule has 27 heavy (non-hydrogen) atoms. The van der Waals surface area contributed by atoms with Gasteiger partial charge in [-0.05, 0) is 35.3 Å². The highest BCUT2D eigenvalue weighted by atomic mass is 14.7. The van der Waals surface area contributed by atoms with Crippen molar-refractivity contribution in [3.63, 3.8) is 0 Å². The smallest absolute Gasteiger partial charge is 0.139 e. The molecule has 136 valence electrons. The summed E-state index contributed by atoms with van der Waals surface area (Å²) >= 11 is 0. The summed E-state index contributed by atoms with van der Waals surface area (Å²) in [6.07, 6.45) is 3.71. The Morgan fingerprint density at radius 1 is 1.11 bits per heavy atom. The molecule has 0 bridgehead atoms. The molecule has 4 atom stereocenters. The van der Waals surface area contributed by atoms with Gasteiger partial charge < -0.3 is 5.73 Å². The topological polar surface area (TPSA) is 97.4 Å². The predicted molar refractivity (Wildman–Crippen MR) is 103 cm³/mol. The van der Waals surface area contributed by atoms with Crippen LogP contribution in [-0.2, 0) is 5.41 Å². The lowest BCUT2D eigenvalue weighted by atomic mass is 9.54. The van der Waals surface area contributed by atoms with Crippen molar-refractivity contribution in [3.05, 3.63) is 58.8 Å². The average Bonchev–Trinajstić information content (AvgIpc) is 2.66. The van der Waals surface area contributed by atoms with Gasteiger partial charge in [-0.1, -0.05) is 57.2 Å². The fourth-order valence-electron chi connectivity index (χ4n) is 4.62. The summed E-state index contributed by atoms with van der Waals surface area (Å²) in [5.74, 6) is -0.415. The molecule has 2 aliphatic rings. The van der Waals surface area contributed by atoms with E-state index >= 15 is 0 Å². The van der Waals surface area contributed by atoms with Crippen molar-refractivity contribution in [3.8, 4) is 18.2 Å². The molecule has 0 saturated heterocycles. The van der Waals surface area contributed by atoms with E-state index in [4.69, 9.17) is 5.73 Å². The number of hydrogen-bond donors (Lipinski definition) is 1. The van der Waals surface area contributed by atoms with Crippen LogP contribution in [0.3, 0.4) is 0 Å². The monoisotopic (exact) mass is 356 g/mol. The lowest BCUT2D eigenvalue weighted by Crippen LogP contribution is -2.48. The van der Waals surface area contributed by atoms with Crippen LogP contribution in [0.25, 0.3) is 0 Å². The first-order chi connectivity index (χ1) is 12.8. The fourth-order valence-corrected chi connectivity index (χ4v) is 4.62. The zero-order valence-electron chi connectivity index (χ0n) is 16.0. The molecule has 0 heterocycles. The highest BCUT2D eigenvalue weighted by Gasteiger charge is 2.55. The van der Waals surface area contributed by atoms with Crippen molar-refractivity contribution < 1.29 is 0 Å². The van der Waals surface area contributed by atoms with Crippen LogP contribution in [0.15, 0.2) is 53.3 Å². The van der Waals surface area contributed by atoms with Crippen molar-refractivity contribution >= 4 is 0 Å². The second kappa shape index (κ2) is 6.61. The third kappa shape index (κ3) is 2.72. The standard InChI is InChI=1S/C23H24N4/c1-22(2,3)16-9-10-17-18(11-16)20(13-25)23(14-26,21(27)19(17)12-24)15-7-5-4-6-8-15/h4-8,10,16,18,20H,9,11,27H2,1-3H3/t16-,18+,20-,23-/m1/s1. The maximum absolute atomic E-state index is 10.3. The molecule has 0 spiro atoms. The van der Waals surface area contributed by atoms with E-state index in [1.54, 1.807) is 0 Å². The van der Waals surface area contributed by atoms with Crippen LogP contribution in [0.1, 0.15) is 39.2 Å². The molecule has 4 heteroatoms. The molecule has 0 amide bonds. The molecule has 0 aromatic heterocycles. The lowest BCUT2D eigenvalue weighted by Gasteiger charge is -2.46. The van der Waals surface area contributed by atoms with Gasteiger partial charge in [-0.2, -0.15) is 15.8 Å². The van der Waals surface area contributed by atoms with E-state index in [0.29, 0.717) is 17.1 Å². The van der Waals surface area contributed by atoms with Crippen LogP contribution < -0.4 is 5.73 Å². The van der Waals surface area contributed by atoms with E-state index in [0.717, 1.165) is 18.4 Å². The SMILES string of the molecule is CC(C)(C)[C@@H]1CC=C2C(C#N)=C(N)[C@](C#N)(c3ccccc3)[C@H](C#N)[C@H]2C1. The normalized spacial score (nSPS) is 30.4. The Morgan fingerprint density at radius 2 is 1.78 bits per heavy atom. The van der Waals surface area contributed by atoms with Crippen molar-refractivity contribution in [1.82, 2.24) is 0 Å². The highest BCUT2D eigenvalue weighted by molar-refractivity contribution is 5.60. The van der Waals surface area contributed by atoms with Gasteiger partial charge in [0.05, 0.1) is 29.3 Å². The summed E-state index contributed by atoms with van der Waals surface area (Å²) in [4.78, 5) is 0. The summed E-state index contributed by atoms with van der Waals surface area (Å²) in [5, 5.41) is 30.2. The number of rotatable bonds is 1. The minimum atomic E-state index is -1.30. The molecule has 1 aromatic carbocycles. The van der Waals surface area contributed by atoms with E-state index in [9.17, 15) is 15.8 Å². The zero-order chi connectivity index (χ0) is 19.8. The van der Waals surface area contributed by atoms with Gasteiger partial charge in [0.2, 0.25) is 0 Å². The van der Waals surface area contributed by atoms with Crippen LogP contribution in [-0.4, -0.2) is 0 Å². The molecular weight excluding hydrogens is 332 g/mol. The number of fused-ring (bicyclic) bond motifs is 1. The van der Waals surface area contributed by atoms with E-state index in [2.05, 4.69) is 45.1 Å². The van der Waals surface area contributed by atoms with Gasteiger partial charge in [-0.25, -0.2) is 0 Å². The Labute approximate surface area is 161 Å². The van der Waals surface area contributed by atoms with Crippen LogP contribution in [0.4, 0.5) is 0 Å². The first-order valence-electron chi connectivity index (χ1n) is 9.28. The van der Waals surface area contributed by atoms with Gasteiger partial charge in [-0.15, -0.1) is 0 Å². The van der Waals surface area contributed by atoms with Crippen LogP contribution in [0, 0.1) is 57.2 Å². The number of benzene rings is 1. The number of nitrogens with zero attached hydrogens (tertiary/aromatic N) is 3. The fraction of sp³-hybridized carbons (Fsp3) is 0.435. The molecule has 0 radical (unpaired) electrons. The Bertz CT molecular complexity index is 928. The molecule has 2 N–H and O–H groups in total. The molecule has 3 rings (SSSR count). The number of nitriles is 3. The summed E-state index contributed by atoms with van der Waals surface area (Å²) in [7, 11) is 0. The highest BCUT2D eigenvalue weighted by Crippen LogP contribution is 2.54. The van der Waals surface area contributed by atoms with Crippen LogP contribution in [0.5, 0.6) is 0 Å². The number of hydrogen-bond acceptors (Lipinski definition) is 4. The van der Waals surface area contributed by atoms with Crippen molar-refractivity contribution in [1.29, 1.82) is 15.8 Å². The molecule has 2 aliphatic carbocycles. The molecular formula is C23H24N4. The largest absolute Gasteiger partial charge is 0.399 e. The zero-order valence-corrected chi connectivity index (χ0v) is 16.0. The van der Waals surface area contributed by atoms with Crippen LogP contribution >= 0.6 is 0 Å². The number of nitrogens with two attached hydrogens (primary N) is 1. The summed E-state index contributed by atoms with van der Waals surface area (Å²) < 4.78 is 0. The third-order valence-corrected chi connectivity index (χ3v) is 6.29. The maximum atomic E-state index is 10.3. The molecule has 1 aromatic rings. The molecule has 0 unspecified atom stereocenters. The summed E-state index contributed by atoms with van der Waals surface area (Å²) in [5.41, 5.74) is 7.35. The van der Waals surface area contributed by atoms with Gasteiger partial charge in [-0.3, -0.25) is 0 Å². The van der Waals surface area contributed by atoms with Crippen molar-refractivity contribution in [2.45, 2.75) is 39.0 Å². The minimum absolute atomic E-state index is 0.0869. The molecule has 0 aliphatic heterocycles. The van der Waals surface area contributed by atoms with Gasteiger partial charge in [0, 0.05) is 5.92 Å². The first kappa shape index (κ1) is 18.8. The molecule has 0 fully saturated rings. The van der Waals surface area contributed by atoms with Gasteiger partial charge in [0.15, 0.2) is 0 Å². The Kier molecular flexibility index (Phi) is 4.59. The predicted octanol–water partition coefficient (Wildman–Crippen LogP) is 4.34. The van der Waals surface area contributed by atoms with Gasteiger partial charge in [0.25, 0.3) is 0 Å². The van der Waals surface area contributed by atoms with E-state index in [1.165, 1.54) is 0 Å². The summed E-state index contributed by atoms with van der Waals surface area (Å²) in [6, 6.07) is 16.2.